The Labute approximate surface area is 138 Å². The molecule has 0 aliphatic carbocycles. The molecule has 2 aromatic rings. The molecule has 3 nitrogen and oxygen atoms in total. The number of carbonyl (C=O) groups excluding carboxylic acids is 1. The molecular weight excluding hydrogens is 286 g/mol. The topological polar surface area (TPSA) is 38.3 Å². The van der Waals surface area contributed by atoms with Crippen molar-refractivity contribution in [2.24, 2.45) is 0 Å². The number of hydrogen-bond acceptors (Lipinski definition) is 2. The van der Waals surface area contributed by atoms with E-state index in [0.717, 1.165) is 22.6 Å². The van der Waals surface area contributed by atoms with Gasteiger partial charge in [-0.15, -0.1) is 0 Å². The van der Waals surface area contributed by atoms with E-state index in [-0.39, 0.29) is 11.3 Å². The van der Waals surface area contributed by atoms with Crippen molar-refractivity contribution in [3.05, 3.63) is 65.7 Å². The molecule has 0 aliphatic rings. The van der Waals surface area contributed by atoms with Crippen molar-refractivity contribution >= 4 is 17.7 Å². The number of anilines is 1. The highest BCUT2D eigenvalue weighted by atomic mass is 16.5. The van der Waals surface area contributed by atoms with E-state index in [1.165, 1.54) is 0 Å². The molecule has 0 aromatic heterocycles. The minimum absolute atomic E-state index is 0.0242. The Kier molecular flexibility index (Phi) is 5.22. The van der Waals surface area contributed by atoms with Gasteiger partial charge in [0.2, 0.25) is 5.91 Å². The summed E-state index contributed by atoms with van der Waals surface area (Å²) in [5.74, 6) is 0.656. The Bertz CT molecular complexity index is 694. The summed E-state index contributed by atoms with van der Waals surface area (Å²) in [5.41, 5.74) is 2.89. The average Bonchev–Trinajstić information content (AvgIpc) is 2.53. The van der Waals surface area contributed by atoms with Crippen molar-refractivity contribution in [1.82, 2.24) is 0 Å². The lowest BCUT2D eigenvalue weighted by Gasteiger charge is -2.22. The van der Waals surface area contributed by atoms with Gasteiger partial charge in [0, 0.05) is 11.8 Å². The summed E-state index contributed by atoms with van der Waals surface area (Å²) in [6.45, 7) is 6.39. The van der Waals surface area contributed by atoms with Crippen LogP contribution in [-0.2, 0) is 10.2 Å². The fourth-order valence-electron chi connectivity index (χ4n) is 2.31. The van der Waals surface area contributed by atoms with Gasteiger partial charge >= 0.3 is 0 Å². The standard InChI is InChI=1S/C20H23NO2/c1-20(2,3)17-7-5-6-8-18(17)21-19(22)14-11-15-9-12-16(23-4)13-10-15/h5-14H,1-4H3,(H,21,22). The van der Waals surface area contributed by atoms with Gasteiger partial charge in [-0.2, -0.15) is 0 Å². The van der Waals surface area contributed by atoms with Crippen LogP contribution in [0.3, 0.4) is 0 Å². The second kappa shape index (κ2) is 7.14. The summed E-state index contributed by atoms with van der Waals surface area (Å²) in [7, 11) is 1.63. The maximum absolute atomic E-state index is 12.2. The van der Waals surface area contributed by atoms with Gasteiger partial charge < -0.3 is 10.1 Å². The minimum Gasteiger partial charge on any atom is -0.497 e. The fraction of sp³-hybridized carbons (Fsp3) is 0.250. The Morgan fingerprint density at radius 1 is 1.04 bits per heavy atom. The number of rotatable bonds is 4. The molecule has 0 saturated carbocycles. The third kappa shape index (κ3) is 4.71. The van der Waals surface area contributed by atoms with Crippen LogP contribution in [0.1, 0.15) is 31.9 Å². The Morgan fingerprint density at radius 2 is 1.70 bits per heavy atom. The molecule has 23 heavy (non-hydrogen) atoms. The highest BCUT2D eigenvalue weighted by Gasteiger charge is 2.17. The van der Waals surface area contributed by atoms with E-state index in [1.54, 1.807) is 19.3 Å². The van der Waals surface area contributed by atoms with E-state index < -0.39 is 0 Å². The van der Waals surface area contributed by atoms with Crippen LogP contribution in [-0.4, -0.2) is 13.0 Å². The molecule has 0 atom stereocenters. The molecule has 120 valence electrons. The van der Waals surface area contributed by atoms with Gasteiger partial charge in [0.25, 0.3) is 0 Å². The molecule has 1 N–H and O–H groups in total. The summed E-state index contributed by atoms with van der Waals surface area (Å²) in [4.78, 5) is 12.2. The Hall–Kier alpha value is -2.55. The second-order valence-corrected chi connectivity index (χ2v) is 6.39. The van der Waals surface area contributed by atoms with Crippen molar-refractivity contribution in [3.8, 4) is 5.75 Å². The lowest BCUT2D eigenvalue weighted by molar-refractivity contribution is -0.111. The lowest BCUT2D eigenvalue weighted by Crippen LogP contribution is -2.17. The summed E-state index contributed by atoms with van der Waals surface area (Å²) in [6.07, 6.45) is 3.33. The number of hydrogen-bond donors (Lipinski definition) is 1. The predicted octanol–water partition coefficient (Wildman–Crippen LogP) is 4.64. The molecule has 0 aliphatic heterocycles. The fourth-order valence-corrected chi connectivity index (χ4v) is 2.31. The average molecular weight is 309 g/mol. The molecule has 3 heteroatoms. The number of ether oxygens (including phenoxy) is 1. The molecule has 1 amide bonds. The second-order valence-electron chi connectivity index (χ2n) is 6.39. The van der Waals surface area contributed by atoms with E-state index in [2.05, 4.69) is 26.1 Å². The molecule has 0 unspecified atom stereocenters. The molecule has 0 saturated heterocycles. The number of para-hydroxylation sites is 1. The van der Waals surface area contributed by atoms with Gasteiger partial charge in [0.1, 0.15) is 5.75 Å². The first kappa shape index (κ1) is 16.8. The van der Waals surface area contributed by atoms with Gasteiger partial charge in [0.05, 0.1) is 7.11 Å². The Balaban J connectivity index is 2.09. The van der Waals surface area contributed by atoms with E-state index in [0.29, 0.717) is 0 Å². The monoisotopic (exact) mass is 309 g/mol. The zero-order chi connectivity index (χ0) is 16.9. The van der Waals surface area contributed by atoms with Gasteiger partial charge in [-0.05, 0) is 40.8 Å². The lowest BCUT2D eigenvalue weighted by atomic mass is 9.86. The number of carbonyl (C=O) groups is 1. The van der Waals surface area contributed by atoms with Crippen LogP contribution in [0.4, 0.5) is 5.69 Å². The van der Waals surface area contributed by atoms with Crippen molar-refractivity contribution in [2.75, 3.05) is 12.4 Å². The third-order valence-corrected chi connectivity index (χ3v) is 3.54. The quantitative estimate of drug-likeness (QED) is 0.835. The first-order chi connectivity index (χ1) is 10.9. The maximum Gasteiger partial charge on any atom is 0.248 e. The van der Waals surface area contributed by atoms with Gasteiger partial charge in [-0.25, -0.2) is 0 Å². The molecule has 2 rings (SSSR count). The molecule has 0 fully saturated rings. The SMILES string of the molecule is COc1ccc(C=CC(=O)Nc2ccccc2C(C)(C)C)cc1. The predicted molar refractivity (Wildman–Crippen MR) is 95.8 cm³/mol. The number of benzene rings is 2. The smallest absolute Gasteiger partial charge is 0.248 e. The van der Waals surface area contributed by atoms with E-state index in [4.69, 9.17) is 4.74 Å². The van der Waals surface area contributed by atoms with Crippen molar-refractivity contribution in [3.63, 3.8) is 0 Å². The molecule has 0 bridgehead atoms. The van der Waals surface area contributed by atoms with Crippen LogP contribution in [0.5, 0.6) is 5.75 Å². The highest BCUT2D eigenvalue weighted by molar-refractivity contribution is 6.02. The van der Waals surface area contributed by atoms with Gasteiger partial charge in [0.15, 0.2) is 0 Å². The highest BCUT2D eigenvalue weighted by Crippen LogP contribution is 2.29. The number of amides is 1. The van der Waals surface area contributed by atoms with Crippen molar-refractivity contribution in [2.45, 2.75) is 26.2 Å². The van der Waals surface area contributed by atoms with E-state index in [1.807, 2.05) is 48.5 Å². The molecular formula is C20H23NO2. The molecule has 0 heterocycles. The summed E-state index contributed by atoms with van der Waals surface area (Å²) < 4.78 is 5.12. The van der Waals surface area contributed by atoms with Crippen LogP contribution in [0.15, 0.2) is 54.6 Å². The first-order valence-electron chi connectivity index (χ1n) is 7.63. The molecule has 2 aromatic carbocycles. The zero-order valence-corrected chi connectivity index (χ0v) is 14.1. The molecule has 0 spiro atoms. The van der Waals surface area contributed by atoms with E-state index >= 15 is 0 Å². The van der Waals surface area contributed by atoms with Crippen LogP contribution in [0.25, 0.3) is 6.08 Å². The normalized spacial score (nSPS) is 11.5. The third-order valence-electron chi connectivity index (χ3n) is 3.54. The van der Waals surface area contributed by atoms with Crippen molar-refractivity contribution in [1.29, 1.82) is 0 Å². The number of methoxy groups -OCH3 is 1. The minimum atomic E-state index is -0.141. The van der Waals surface area contributed by atoms with Gasteiger partial charge in [-0.3, -0.25) is 4.79 Å². The molecule has 0 radical (unpaired) electrons. The van der Waals surface area contributed by atoms with E-state index in [9.17, 15) is 4.79 Å². The van der Waals surface area contributed by atoms with Crippen LogP contribution >= 0.6 is 0 Å². The maximum atomic E-state index is 12.2. The van der Waals surface area contributed by atoms with Crippen LogP contribution in [0.2, 0.25) is 0 Å². The van der Waals surface area contributed by atoms with Crippen LogP contribution in [0, 0.1) is 0 Å². The largest absolute Gasteiger partial charge is 0.497 e. The summed E-state index contributed by atoms with van der Waals surface area (Å²) in [6, 6.07) is 15.4. The zero-order valence-electron chi connectivity index (χ0n) is 14.1. The summed E-state index contributed by atoms with van der Waals surface area (Å²) in [5, 5.41) is 2.96. The van der Waals surface area contributed by atoms with Crippen LogP contribution < -0.4 is 10.1 Å². The number of nitrogens with one attached hydrogen (secondary N) is 1. The van der Waals surface area contributed by atoms with Gasteiger partial charge in [-0.1, -0.05) is 51.1 Å². The summed E-state index contributed by atoms with van der Waals surface area (Å²) >= 11 is 0. The van der Waals surface area contributed by atoms with Crippen molar-refractivity contribution < 1.29 is 9.53 Å². The first-order valence-corrected chi connectivity index (χ1v) is 7.63. The Morgan fingerprint density at radius 3 is 2.30 bits per heavy atom.